The predicted molar refractivity (Wildman–Crippen MR) is 90.9 cm³/mol. The van der Waals surface area contributed by atoms with Gasteiger partial charge in [-0.15, -0.1) is 0 Å². The third-order valence-electron chi connectivity index (χ3n) is 4.69. The van der Waals surface area contributed by atoms with Crippen LogP contribution in [0.4, 0.5) is 4.39 Å². The van der Waals surface area contributed by atoms with E-state index in [0.29, 0.717) is 17.2 Å². The maximum absolute atomic E-state index is 13.1. The molecule has 2 unspecified atom stereocenters. The highest BCUT2D eigenvalue weighted by Gasteiger charge is 2.26. The second kappa shape index (κ2) is 6.73. The molecule has 5 nitrogen and oxygen atoms in total. The molecule has 1 amide bonds. The Kier molecular flexibility index (Phi) is 4.66. The zero-order valence-corrected chi connectivity index (χ0v) is 14.3. The van der Waals surface area contributed by atoms with E-state index < -0.39 is 0 Å². The van der Waals surface area contributed by atoms with Gasteiger partial charge in [-0.1, -0.05) is 6.92 Å². The van der Waals surface area contributed by atoms with Gasteiger partial charge in [0.1, 0.15) is 5.82 Å². The summed E-state index contributed by atoms with van der Waals surface area (Å²) in [6, 6.07) is 6.27. The van der Waals surface area contributed by atoms with Gasteiger partial charge in [-0.2, -0.15) is 5.10 Å². The molecular weight excluding hydrogens is 307 g/mol. The molecule has 1 aliphatic heterocycles. The van der Waals surface area contributed by atoms with Crippen LogP contribution in [-0.2, 0) is 0 Å². The van der Waals surface area contributed by atoms with Crippen molar-refractivity contribution in [2.24, 2.45) is 5.92 Å². The molecule has 0 bridgehead atoms. The van der Waals surface area contributed by atoms with Crippen molar-refractivity contribution in [1.82, 2.24) is 20.4 Å². The Morgan fingerprint density at radius 2 is 2.04 bits per heavy atom. The van der Waals surface area contributed by atoms with Crippen molar-refractivity contribution in [3.05, 3.63) is 47.0 Å². The lowest BCUT2D eigenvalue weighted by molar-refractivity contribution is 0.0913. The first-order valence-electron chi connectivity index (χ1n) is 8.31. The van der Waals surface area contributed by atoms with Gasteiger partial charge in [0.15, 0.2) is 0 Å². The second-order valence-corrected chi connectivity index (χ2v) is 6.48. The molecule has 0 spiro atoms. The number of piperidine rings is 1. The number of benzene rings is 1. The van der Waals surface area contributed by atoms with Gasteiger partial charge in [0.25, 0.3) is 5.91 Å². The Morgan fingerprint density at radius 1 is 1.33 bits per heavy atom. The van der Waals surface area contributed by atoms with E-state index in [0.717, 1.165) is 30.9 Å². The van der Waals surface area contributed by atoms with Crippen molar-refractivity contribution in [3.63, 3.8) is 0 Å². The lowest BCUT2D eigenvalue weighted by Crippen LogP contribution is -2.48. The zero-order chi connectivity index (χ0) is 17.3. The van der Waals surface area contributed by atoms with E-state index in [1.807, 2.05) is 13.8 Å². The molecule has 1 aromatic carbocycles. The summed E-state index contributed by atoms with van der Waals surface area (Å²) in [5.41, 5.74) is 2.78. The number of nitrogens with one attached hydrogen (secondary N) is 2. The summed E-state index contributed by atoms with van der Waals surface area (Å²) < 4.78 is 14.8. The highest BCUT2D eigenvalue weighted by Crippen LogP contribution is 2.19. The summed E-state index contributed by atoms with van der Waals surface area (Å²) >= 11 is 0. The van der Waals surface area contributed by atoms with Gasteiger partial charge < -0.3 is 10.6 Å². The van der Waals surface area contributed by atoms with Crippen LogP contribution in [-0.4, -0.2) is 34.8 Å². The smallest absolute Gasteiger partial charge is 0.255 e. The molecule has 1 aliphatic rings. The zero-order valence-electron chi connectivity index (χ0n) is 14.3. The van der Waals surface area contributed by atoms with Crippen LogP contribution in [0, 0.1) is 25.6 Å². The number of aryl methyl sites for hydroxylation is 1. The normalized spacial score (nSPS) is 20.8. The molecule has 2 atom stereocenters. The van der Waals surface area contributed by atoms with Crippen LogP contribution >= 0.6 is 0 Å². The molecule has 2 aromatic rings. The number of hydrogen-bond donors (Lipinski definition) is 2. The van der Waals surface area contributed by atoms with E-state index in [2.05, 4.69) is 22.7 Å². The van der Waals surface area contributed by atoms with E-state index in [9.17, 15) is 9.18 Å². The molecule has 0 radical (unpaired) electrons. The van der Waals surface area contributed by atoms with Crippen molar-refractivity contribution in [2.45, 2.75) is 33.2 Å². The maximum atomic E-state index is 13.1. The molecule has 6 heteroatoms. The van der Waals surface area contributed by atoms with Crippen LogP contribution in [0.25, 0.3) is 5.69 Å². The number of rotatable bonds is 3. The minimum atomic E-state index is -0.293. The number of halogens is 1. The predicted octanol–water partition coefficient (Wildman–Crippen LogP) is 2.36. The Morgan fingerprint density at radius 3 is 2.71 bits per heavy atom. The van der Waals surface area contributed by atoms with Crippen LogP contribution in [0.2, 0.25) is 0 Å². The fourth-order valence-electron chi connectivity index (χ4n) is 3.27. The topological polar surface area (TPSA) is 59.0 Å². The lowest BCUT2D eigenvalue weighted by Gasteiger charge is -2.30. The Labute approximate surface area is 141 Å². The van der Waals surface area contributed by atoms with E-state index in [1.54, 1.807) is 16.8 Å². The number of hydrogen-bond acceptors (Lipinski definition) is 3. The van der Waals surface area contributed by atoms with Crippen LogP contribution in [0.15, 0.2) is 24.3 Å². The van der Waals surface area contributed by atoms with Crippen molar-refractivity contribution in [1.29, 1.82) is 0 Å². The van der Waals surface area contributed by atoms with Crippen molar-refractivity contribution in [2.75, 3.05) is 13.1 Å². The van der Waals surface area contributed by atoms with Gasteiger partial charge >= 0.3 is 0 Å². The Balaban J connectivity index is 1.85. The summed E-state index contributed by atoms with van der Waals surface area (Å²) in [7, 11) is 0. The molecule has 0 aliphatic carbocycles. The standard InChI is InChI=1S/C18H23FN4O/c1-11-10-20-9-8-16(11)21-18(24)17-12(2)22-23(13(17)3)15-6-4-14(19)5-7-15/h4-7,11,16,20H,8-10H2,1-3H3,(H,21,24). The average Bonchev–Trinajstić information content (AvgIpc) is 2.85. The number of aromatic nitrogens is 2. The number of amides is 1. The fraction of sp³-hybridized carbons (Fsp3) is 0.444. The van der Waals surface area contributed by atoms with Crippen LogP contribution < -0.4 is 10.6 Å². The van der Waals surface area contributed by atoms with Gasteiger partial charge in [0.2, 0.25) is 0 Å². The third-order valence-corrected chi connectivity index (χ3v) is 4.69. The molecule has 2 heterocycles. The van der Waals surface area contributed by atoms with Crippen molar-refractivity contribution in [3.8, 4) is 5.69 Å². The highest BCUT2D eigenvalue weighted by atomic mass is 19.1. The second-order valence-electron chi connectivity index (χ2n) is 6.48. The Bertz CT molecular complexity index is 738. The fourth-order valence-corrected chi connectivity index (χ4v) is 3.27. The first-order chi connectivity index (χ1) is 11.5. The van der Waals surface area contributed by atoms with E-state index >= 15 is 0 Å². The summed E-state index contributed by atoms with van der Waals surface area (Å²) in [6.45, 7) is 7.66. The molecule has 3 rings (SSSR count). The first-order valence-corrected chi connectivity index (χ1v) is 8.31. The van der Waals surface area contributed by atoms with E-state index in [4.69, 9.17) is 0 Å². The molecule has 2 N–H and O–H groups in total. The molecule has 128 valence electrons. The van der Waals surface area contributed by atoms with Gasteiger partial charge in [-0.25, -0.2) is 9.07 Å². The largest absolute Gasteiger partial charge is 0.349 e. The SMILES string of the molecule is Cc1nn(-c2ccc(F)cc2)c(C)c1C(=O)NC1CCNCC1C. The third kappa shape index (κ3) is 3.19. The van der Waals surface area contributed by atoms with E-state index in [1.165, 1.54) is 12.1 Å². The summed E-state index contributed by atoms with van der Waals surface area (Å²) in [4.78, 5) is 12.8. The van der Waals surface area contributed by atoms with Crippen LogP contribution in [0.1, 0.15) is 35.1 Å². The van der Waals surface area contributed by atoms with Crippen LogP contribution in [0.5, 0.6) is 0 Å². The van der Waals surface area contributed by atoms with Gasteiger partial charge in [0, 0.05) is 6.04 Å². The first kappa shape index (κ1) is 16.6. The Hall–Kier alpha value is -2.21. The molecule has 1 saturated heterocycles. The van der Waals surface area contributed by atoms with Gasteiger partial charge in [-0.05, 0) is 63.5 Å². The van der Waals surface area contributed by atoms with Crippen molar-refractivity contribution >= 4 is 5.91 Å². The summed E-state index contributed by atoms with van der Waals surface area (Å²) in [5, 5.41) is 10.9. The summed E-state index contributed by atoms with van der Waals surface area (Å²) in [6.07, 6.45) is 0.928. The lowest BCUT2D eigenvalue weighted by atomic mass is 9.95. The molecule has 24 heavy (non-hydrogen) atoms. The maximum Gasteiger partial charge on any atom is 0.255 e. The van der Waals surface area contributed by atoms with E-state index in [-0.39, 0.29) is 17.8 Å². The highest BCUT2D eigenvalue weighted by molar-refractivity contribution is 5.96. The minimum absolute atomic E-state index is 0.0860. The number of nitrogens with zero attached hydrogens (tertiary/aromatic N) is 2. The summed E-state index contributed by atoms with van der Waals surface area (Å²) in [5.74, 6) is 0.0192. The molecular formula is C18H23FN4O. The minimum Gasteiger partial charge on any atom is -0.349 e. The van der Waals surface area contributed by atoms with Gasteiger partial charge in [-0.3, -0.25) is 4.79 Å². The molecule has 1 fully saturated rings. The molecule has 0 saturated carbocycles. The quantitative estimate of drug-likeness (QED) is 0.908. The number of carbonyl (C=O) groups is 1. The van der Waals surface area contributed by atoms with Gasteiger partial charge in [0.05, 0.1) is 22.6 Å². The molecule has 1 aromatic heterocycles. The number of carbonyl (C=O) groups excluding carboxylic acids is 1. The average molecular weight is 330 g/mol. The van der Waals surface area contributed by atoms with Crippen LogP contribution in [0.3, 0.4) is 0 Å². The monoisotopic (exact) mass is 330 g/mol. The van der Waals surface area contributed by atoms with Crippen molar-refractivity contribution < 1.29 is 9.18 Å².